The van der Waals surface area contributed by atoms with Crippen molar-refractivity contribution in [3.63, 3.8) is 0 Å². The van der Waals surface area contributed by atoms with Gasteiger partial charge in [0, 0.05) is 41.5 Å². The molecule has 1 amide bonds. The Morgan fingerprint density at radius 3 is 2.55 bits per heavy atom. The Bertz CT molecular complexity index is 1020. The van der Waals surface area contributed by atoms with Crippen molar-refractivity contribution in [2.24, 2.45) is 0 Å². The van der Waals surface area contributed by atoms with Gasteiger partial charge in [0.2, 0.25) is 0 Å². The molecule has 3 aromatic rings. The van der Waals surface area contributed by atoms with Crippen LogP contribution >= 0.6 is 11.6 Å². The van der Waals surface area contributed by atoms with Crippen LogP contribution in [0.1, 0.15) is 21.5 Å². The van der Waals surface area contributed by atoms with E-state index in [1.54, 1.807) is 12.1 Å². The number of halogens is 1. The van der Waals surface area contributed by atoms with Gasteiger partial charge >= 0.3 is 0 Å². The maximum absolute atomic E-state index is 12.6. The number of carbonyl (C=O) groups excluding carboxylic acids is 1. The third-order valence-electron chi connectivity index (χ3n) is 5.21. The van der Waals surface area contributed by atoms with Crippen LogP contribution in [0, 0.1) is 0 Å². The van der Waals surface area contributed by atoms with Crippen LogP contribution in [0.15, 0.2) is 72.8 Å². The quantitative estimate of drug-likeness (QED) is 0.584. The van der Waals surface area contributed by atoms with Crippen LogP contribution in [0.5, 0.6) is 5.75 Å². The molecule has 1 saturated heterocycles. The van der Waals surface area contributed by atoms with E-state index >= 15 is 0 Å². The summed E-state index contributed by atoms with van der Waals surface area (Å²) < 4.78 is 11.2. The lowest BCUT2D eigenvalue weighted by Gasteiger charge is -2.28. The number of nitrogens with zero attached hydrogens (tertiary/aromatic N) is 1. The molecular formula is C25H25ClN2O3. The number of rotatable bonds is 7. The van der Waals surface area contributed by atoms with Crippen LogP contribution in [0.4, 0.5) is 5.69 Å². The summed E-state index contributed by atoms with van der Waals surface area (Å²) in [5.41, 5.74) is 3.69. The van der Waals surface area contributed by atoms with Crippen LogP contribution in [-0.4, -0.2) is 32.2 Å². The summed E-state index contributed by atoms with van der Waals surface area (Å²) in [6, 6.07) is 23.0. The summed E-state index contributed by atoms with van der Waals surface area (Å²) in [6.07, 6.45) is 0. The first-order chi connectivity index (χ1) is 15.2. The molecule has 0 aromatic heterocycles. The van der Waals surface area contributed by atoms with Gasteiger partial charge in [-0.25, -0.2) is 0 Å². The molecule has 1 fully saturated rings. The van der Waals surface area contributed by atoms with Crippen molar-refractivity contribution < 1.29 is 14.3 Å². The van der Waals surface area contributed by atoms with Crippen molar-refractivity contribution in [1.29, 1.82) is 0 Å². The molecule has 160 valence electrons. The summed E-state index contributed by atoms with van der Waals surface area (Å²) >= 11 is 6.17. The summed E-state index contributed by atoms with van der Waals surface area (Å²) in [5.74, 6) is 0.489. The highest BCUT2D eigenvalue weighted by atomic mass is 35.5. The molecule has 0 unspecified atom stereocenters. The van der Waals surface area contributed by atoms with Gasteiger partial charge in [-0.1, -0.05) is 48.0 Å². The average Bonchev–Trinajstić information content (AvgIpc) is 2.83. The Balaban J connectivity index is 1.31. The number of nitrogens with one attached hydrogen (secondary N) is 1. The van der Waals surface area contributed by atoms with E-state index in [0.717, 1.165) is 37.4 Å². The predicted octanol–water partition coefficient (Wildman–Crippen LogP) is 4.69. The molecule has 6 heteroatoms. The SMILES string of the molecule is O=C(NCc1ccc(N2CCOCC2)cc1)c1cccc(OCc2ccccc2Cl)c1. The Morgan fingerprint density at radius 2 is 1.77 bits per heavy atom. The molecule has 0 saturated carbocycles. The maximum atomic E-state index is 12.6. The Morgan fingerprint density at radius 1 is 1.00 bits per heavy atom. The number of morpholine rings is 1. The van der Waals surface area contributed by atoms with Crippen molar-refractivity contribution in [1.82, 2.24) is 5.32 Å². The van der Waals surface area contributed by atoms with E-state index in [1.165, 1.54) is 5.69 Å². The highest BCUT2D eigenvalue weighted by molar-refractivity contribution is 6.31. The molecule has 3 aromatic carbocycles. The van der Waals surface area contributed by atoms with Crippen molar-refractivity contribution in [3.05, 3.63) is 94.5 Å². The number of amides is 1. The van der Waals surface area contributed by atoms with Gasteiger partial charge in [-0.05, 0) is 42.0 Å². The van der Waals surface area contributed by atoms with Gasteiger partial charge in [-0.3, -0.25) is 4.79 Å². The van der Waals surface area contributed by atoms with Gasteiger partial charge in [0.25, 0.3) is 5.91 Å². The summed E-state index contributed by atoms with van der Waals surface area (Å²) in [4.78, 5) is 14.9. The first-order valence-electron chi connectivity index (χ1n) is 10.4. The average molecular weight is 437 g/mol. The van der Waals surface area contributed by atoms with Gasteiger partial charge in [-0.2, -0.15) is 0 Å². The lowest BCUT2D eigenvalue weighted by Crippen LogP contribution is -2.36. The second-order valence-electron chi connectivity index (χ2n) is 7.36. The Kier molecular flexibility index (Phi) is 7.07. The fraction of sp³-hybridized carbons (Fsp3) is 0.240. The Hall–Kier alpha value is -3.02. The monoisotopic (exact) mass is 436 g/mol. The largest absolute Gasteiger partial charge is 0.489 e. The molecule has 31 heavy (non-hydrogen) atoms. The van der Waals surface area contributed by atoms with Gasteiger partial charge in [0.05, 0.1) is 13.2 Å². The van der Waals surface area contributed by atoms with Crippen LogP contribution in [0.2, 0.25) is 5.02 Å². The second-order valence-corrected chi connectivity index (χ2v) is 7.76. The van der Waals surface area contributed by atoms with Crippen LogP contribution in [0.25, 0.3) is 0 Å². The molecule has 0 spiro atoms. The number of benzene rings is 3. The standard InChI is InChI=1S/C25H25ClN2O3/c26-24-7-2-1-4-21(24)18-31-23-6-3-5-20(16-23)25(29)27-17-19-8-10-22(11-9-19)28-12-14-30-15-13-28/h1-11,16H,12-15,17-18H2,(H,27,29). The molecule has 1 N–H and O–H groups in total. The van der Waals surface area contributed by atoms with Gasteiger partial charge < -0.3 is 19.7 Å². The van der Waals surface area contributed by atoms with Crippen molar-refractivity contribution in [2.45, 2.75) is 13.2 Å². The topological polar surface area (TPSA) is 50.8 Å². The normalized spacial score (nSPS) is 13.6. The van der Waals surface area contributed by atoms with E-state index < -0.39 is 0 Å². The number of hydrogen-bond donors (Lipinski definition) is 1. The first-order valence-corrected chi connectivity index (χ1v) is 10.7. The van der Waals surface area contributed by atoms with Gasteiger partial charge in [-0.15, -0.1) is 0 Å². The molecule has 1 heterocycles. The van der Waals surface area contributed by atoms with E-state index in [-0.39, 0.29) is 5.91 Å². The third kappa shape index (κ3) is 5.78. The molecule has 0 bridgehead atoms. The molecule has 4 rings (SSSR count). The number of carbonyl (C=O) groups is 1. The van der Waals surface area contributed by atoms with E-state index in [2.05, 4.69) is 22.3 Å². The lowest BCUT2D eigenvalue weighted by atomic mass is 10.1. The lowest BCUT2D eigenvalue weighted by molar-refractivity contribution is 0.0950. The van der Waals surface area contributed by atoms with Crippen molar-refractivity contribution in [2.75, 3.05) is 31.2 Å². The first kappa shape index (κ1) is 21.2. The summed E-state index contributed by atoms with van der Waals surface area (Å²) in [6.45, 7) is 4.15. The highest BCUT2D eigenvalue weighted by Gasteiger charge is 2.11. The number of hydrogen-bond acceptors (Lipinski definition) is 4. The fourth-order valence-electron chi connectivity index (χ4n) is 3.43. The zero-order valence-electron chi connectivity index (χ0n) is 17.2. The fourth-order valence-corrected chi connectivity index (χ4v) is 3.62. The van der Waals surface area contributed by atoms with E-state index in [1.807, 2.05) is 48.5 Å². The minimum atomic E-state index is -0.138. The molecule has 0 radical (unpaired) electrons. The van der Waals surface area contributed by atoms with Gasteiger partial charge in [0.1, 0.15) is 12.4 Å². The smallest absolute Gasteiger partial charge is 0.251 e. The summed E-state index contributed by atoms with van der Waals surface area (Å²) in [7, 11) is 0. The van der Waals surface area contributed by atoms with Crippen molar-refractivity contribution >= 4 is 23.2 Å². The van der Waals surface area contributed by atoms with Crippen LogP contribution in [-0.2, 0) is 17.9 Å². The maximum Gasteiger partial charge on any atom is 0.251 e. The zero-order chi connectivity index (χ0) is 21.5. The van der Waals surface area contributed by atoms with Gasteiger partial charge in [0.15, 0.2) is 0 Å². The van der Waals surface area contributed by atoms with E-state index in [9.17, 15) is 4.79 Å². The predicted molar refractivity (Wildman–Crippen MR) is 123 cm³/mol. The third-order valence-corrected chi connectivity index (χ3v) is 5.58. The number of anilines is 1. The van der Waals surface area contributed by atoms with E-state index in [0.29, 0.717) is 29.5 Å². The summed E-state index contributed by atoms with van der Waals surface area (Å²) in [5, 5.41) is 3.64. The molecule has 5 nitrogen and oxygen atoms in total. The molecule has 0 atom stereocenters. The second kappa shape index (κ2) is 10.3. The van der Waals surface area contributed by atoms with Crippen molar-refractivity contribution in [3.8, 4) is 5.75 Å². The minimum absolute atomic E-state index is 0.138. The zero-order valence-corrected chi connectivity index (χ0v) is 18.0. The number of ether oxygens (including phenoxy) is 2. The molecule has 1 aliphatic heterocycles. The highest BCUT2D eigenvalue weighted by Crippen LogP contribution is 2.20. The van der Waals surface area contributed by atoms with E-state index in [4.69, 9.17) is 21.1 Å². The minimum Gasteiger partial charge on any atom is -0.489 e. The molecule has 0 aliphatic carbocycles. The molecular weight excluding hydrogens is 412 g/mol. The molecule has 1 aliphatic rings. The van der Waals surface area contributed by atoms with Crippen LogP contribution in [0.3, 0.4) is 0 Å². The van der Waals surface area contributed by atoms with Crippen LogP contribution < -0.4 is 15.0 Å². The Labute approximate surface area is 187 Å².